The molecule has 0 atom stereocenters. The Morgan fingerprint density at radius 2 is 1.77 bits per heavy atom. The average Bonchev–Trinajstić information content (AvgIpc) is 2.82. The van der Waals surface area contributed by atoms with Gasteiger partial charge in [0.1, 0.15) is 6.61 Å². The van der Waals surface area contributed by atoms with Crippen LogP contribution in [-0.4, -0.2) is 52.6 Å². The van der Waals surface area contributed by atoms with Crippen molar-refractivity contribution in [2.24, 2.45) is 0 Å². The van der Waals surface area contributed by atoms with E-state index in [1.54, 1.807) is 17.0 Å². The van der Waals surface area contributed by atoms with Gasteiger partial charge in [0, 0.05) is 13.1 Å². The summed E-state index contributed by atoms with van der Waals surface area (Å²) in [5, 5.41) is 0. The number of benzene rings is 2. The van der Waals surface area contributed by atoms with Gasteiger partial charge >= 0.3 is 12.1 Å². The van der Waals surface area contributed by atoms with Gasteiger partial charge < -0.3 is 14.4 Å². The molecule has 8 nitrogen and oxygen atoms in total. The van der Waals surface area contributed by atoms with Crippen LogP contribution in [0.4, 0.5) is 4.79 Å². The highest BCUT2D eigenvalue weighted by Gasteiger charge is 2.29. The van der Waals surface area contributed by atoms with Gasteiger partial charge in [-0.3, -0.25) is 0 Å². The van der Waals surface area contributed by atoms with Crippen molar-refractivity contribution in [1.29, 1.82) is 0 Å². The number of hydrogen-bond acceptors (Lipinski definition) is 6. The van der Waals surface area contributed by atoms with Gasteiger partial charge in [0.2, 0.25) is 10.0 Å². The van der Waals surface area contributed by atoms with Gasteiger partial charge in [0.15, 0.2) is 0 Å². The molecule has 2 aromatic rings. The number of nitrogens with zero attached hydrogens (tertiary/aromatic N) is 1. The number of sulfonamides is 1. The molecule has 1 heterocycles. The molecule has 0 radical (unpaired) electrons. The molecule has 3 rings (SSSR count). The molecular weight excluding hydrogens is 420 g/mol. The van der Waals surface area contributed by atoms with Gasteiger partial charge in [-0.2, -0.15) is 0 Å². The Hall–Kier alpha value is -2.91. The lowest BCUT2D eigenvalue weighted by atomic mass is 9.89. The summed E-state index contributed by atoms with van der Waals surface area (Å²) in [6.07, 6.45) is 0.792. The van der Waals surface area contributed by atoms with Gasteiger partial charge in [0.05, 0.1) is 17.6 Å². The maximum Gasteiger partial charge on any atom is 0.410 e. The molecule has 1 amide bonds. The summed E-state index contributed by atoms with van der Waals surface area (Å²) in [5.74, 6) is -0.668. The van der Waals surface area contributed by atoms with Crippen molar-refractivity contribution in [1.82, 2.24) is 9.62 Å². The Balaban J connectivity index is 1.69. The Bertz CT molecular complexity index is 1030. The zero-order chi connectivity index (χ0) is 22.4. The second-order valence-corrected chi connectivity index (χ2v) is 9.11. The van der Waals surface area contributed by atoms with Crippen LogP contribution in [0.25, 0.3) is 0 Å². The van der Waals surface area contributed by atoms with Gasteiger partial charge in [-0.1, -0.05) is 36.4 Å². The first kappa shape index (κ1) is 22.8. The molecule has 0 aliphatic carbocycles. The van der Waals surface area contributed by atoms with E-state index in [2.05, 4.69) is 4.72 Å². The minimum atomic E-state index is -3.77. The van der Waals surface area contributed by atoms with Crippen LogP contribution in [0.1, 0.15) is 40.2 Å². The Morgan fingerprint density at radius 1 is 1.10 bits per heavy atom. The second kappa shape index (κ2) is 9.93. The van der Waals surface area contributed by atoms with Crippen molar-refractivity contribution < 1.29 is 27.5 Å². The van der Waals surface area contributed by atoms with E-state index in [1.807, 2.05) is 30.3 Å². The number of methoxy groups -OCH3 is 1. The molecule has 0 unspecified atom stereocenters. The average molecular weight is 447 g/mol. The number of esters is 1. The number of carbonyl (C=O) groups excluding carboxylic acids is 2. The van der Waals surface area contributed by atoms with Crippen molar-refractivity contribution >= 4 is 22.1 Å². The first-order valence-corrected chi connectivity index (χ1v) is 11.5. The molecule has 166 valence electrons. The summed E-state index contributed by atoms with van der Waals surface area (Å²) in [4.78, 5) is 25.9. The maximum absolute atomic E-state index is 12.6. The number of piperidine rings is 1. The van der Waals surface area contributed by atoms with E-state index >= 15 is 0 Å². The molecule has 0 saturated carbocycles. The van der Waals surface area contributed by atoms with E-state index in [4.69, 9.17) is 9.47 Å². The van der Waals surface area contributed by atoms with Gasteiger partial charge in [0.25, 0.3) is 0 Å². The van der Waals surface area contributed by atoms with Crippen LogP contribution < -0.4 is 4.72 Å². The van der Waals surface area contributed by atoms with Crippen molar-refractivity contribution in [3.63, 3.8) is 0 Å². The van der Waals surface area contributed by atoms with E-state index in [0.717, 1.165) is 5.56 Å². The smallest absolute Gasteiger partial charge is 0.410 e. The lowest BCUT2D eigenvalue weighted by Crippen LogP contribution is -2.38. The number of amides is 1. The second-order valence-electron chi connectivity index (χ2n) is 7.25. The fraction of sp³-hybridized carbons (Fsp3) is 0.364. The van der Waals surface area contributed by atoms with Gasteiger partial charge in [-0.05, 0) is 49.1 Å². The van der Waals surface area contributed by atoms with E-state index in [-0.39, 0.29) is 29.1 Å². The predicted octanol–water partition coefficient (Wildman–Crippen LogP) is 2.90. The van der Waals surface area contributed by atoms with E-state index in [9.17, 15) is 18.0 Å². The lowest BCUT2D eigenvalue weighted by molar-refractivity contribution is 0.0600. The van der Waals surface area contributed by atoms with E-state index in [0.29, 0.717) is 31.5 Å². The normalized spacial score (nSPS) is 14.8. The van der Waals surface area contributed by atoms with Crippen LogP contribution in [0.5, 0.6) is 0 Å². The first-order chi connectivity index (χ1) is 14.9. The predicted molar refractivity (Wildman–Crippen MR) is 114 cm³/mol. The number of likely N-dealkylation sites (tertiary alicyclic amines) is 1. The summed E-state index contributed by atoms with van der Waals surface area (Å²) in [6.45, 7) is 1.12. The van der Waals surface area contributed by atoms with Crippen LogP contribution in [0.2, 0.25) is 0 Å². The molecule has 1 fully saturated rings. The third-order valence-corrected chi connectivity index (χ3v) is 6.86. The molecule has 2 aromatic carbocycles. The van der Waals surface area contributed by atoms with Crippen molar-refractivity contribution in [2.75, 3.05) is 27.2 Å². The summed E-state index contributed by atoms with van der Waals surface area (Å²) in [7, 11) is -1.20. The first-order valence-electron chi connectivity index (χ1n) is 9.97. The fourth-order valence-corrected chi connectivity index (χ4v) is 4.69. The summed E-state index contributed by atoms with van der Waals surface area (Å²) in [5.41, 5.74) is 1.71. The highest BCUT2D eigenvalue weighted by atomic mass is 32.2. The minimum absolute atomic E-state index is 0.0583. The molecule has 31 heavy (non-hydrogen) atoms. The number of rotatable bonds is 6. The highest BCUT2D eigenvalue weighted by molar-refractivity contribution is 7.89. The topological polar surface area (TPSA) is 102 Å². The quantitative estimate of drug-likeness (QED) is 0.685. The fourth-order valence-electron chi connectivity index (χ4n) is 3.64. The van der Waals surface area contributed by atoms with Crippen LogP contribution in [0.15, 0.2) is 53.4 Å². The Labute approximate surface area is 182 Å². The number of ether oxygens (including phenoxy) is 2. The number of nitrogens with one attached hydrogen (secondary N) is 1. The molecule has 1 saturated heterocycles. The molecule has 9 heteroatoms. The molecule has 0 spiro atoms. The minimum Gasteiger partial charge on any atom is -0.465 e. The summed E-state index contributed by atoms with van der Waals surface area (Å²) in [6, 6.07) is 14.0. The van der Waals surface area contributed by atoms with E-state index < -0.39 is 16.0 Å². The monoisotopic (exact) mass is 446 g/mol. The lowest BCUT2D eigenvalue weighted by Gasteiger charge is -2.32. The van der Waals surface area contributed by atoms with Crippen molar-refractivity contribution in [3.8, 4) is 0 Å². The zero-order valence-electron chi connectivity index (χ0n) is 17.5. The van der Waals surface area contributed by atoms with Crippen molar-refractivity contribution in [3.05, 3.63) is 65.2 Å². The number of carbonyl (C=O) groups is 2. The molecule has 1 N–H and O–H groups in total. The Morgan fingerprint density at radius 3 is 2.39 bits per heavy atom. The third-order valence-electron chi connectivity index (χ3n) is 5.39. The molecule has 0 aromatic heterocycles. The summed E-state index contributed by atoms with van der Waals surface area (Å²) >= 11 is 0. The Kier molecular flexibility index (Phi) is 7.29. The molecule has 0 bridgehead atoms. The maximum atomic E-state index is 12.6. The van der Waals surface area contributed by atoms with Crippen LogP contribution >= 0.6 is 0 Å². The van der Waals surface area contributed by atoms with Crippen molar-refractivity contribution in [2.45, 2.75) is 30.3 Å². The molecule has 1 aliphatic rings. The third kappa shape index (κ3) is 5.42. The highest BCUT2D eigenvalue weighted by Crippen LogP contribution is 2.33. The standard InChI is InChI=1S/C22H26N2O6S/c1-23-31(27,28)20-14-18(21(25)29-2)8-9-19(20)17-10-12-24(13-11-17)22(26)30-15-16-6-4-3-5-7-16/h3-9,14,17,23H,10-13,15H2,1-2H3. The zero-order valence-corrected chi connectivity index (χ0v) is 18.4. The van der Waals surface area contributed by atoms with E-state index in [1.165, 1.54) is 20.2 Å². The number of hydrogen-bond donors (Lipinski definition) is 1. The summed E-state index contributed by atoms with van der Waals surface area (Å²) < 4.78 is 37.6. The van der Waals surface area contributed by atoms with Crippen LogP contribution in [0.3, 0.4) is 0 Å². The molecular formula is C22H26N2O6S. The SMILES string of the molecule is CNS(=O)(=O)c1cc(C(=O)OC)ccc1C1CCN(C(=O)OCc2ccccc2)CC1. The van der Waals surface area contributed by atoms with Crippen LogP contribution in [-0.2, 0) is 26.1 Å². The van der Waals surface area contributed by atoms with Gasteiger partial charge in [-0.15, -0.1) is 0 Å². The van der Waals surface area contributed by atoms with Gasteiger partial charge in [-0.25, -0.2) is 22.7 Å². The molecule has 1 aliphatic heterocycles. The van der Waals surface area contributed by atoms with Crippen LogP contribution in [0, 0.1) is 0 Å². The largest absolute Gasteiger partial charge is 0.465 e.